The Kier molecular flexibility index (Phi) is 4.57. The van der Waals surface area contributed by atoms with Crippen LogP contribution in [0.15, 0.2) is 37.8 Å². The average Bonchev–Trinajstić information content (AvgIpc) is 2.76. The van der Waals surface area contributed by atoms with Gasteiger partial charge in [-0.25, -0.2) is 0 Å². The van der Waals surface area contributed by atoms with Gasteiger partial charge in [0.1, 0.15) is 5.76 Å². The molecule has 0 fully saturated rings. The van der Waals surface area contributed by atoms with Gasteiger partial charge in [0.2, 0.25) is 0 Å². The predicted octanol–water partition coefficient (Wildman–Crippen LogP) is 4.27. The molecule has 0 bridgehead atoms. The van der Waals surface area contributed by atoms with Crippen LogP contribution in [0, 0.1) is 0 Å². The standard InChI is InChI=1S/C15H15Br2NO3/c1-18-15(11-3-4-14(17)21-11)9-7-12-13(8-10(9)16)20-6-2-5-19-12/h3-4,7-8,15,18H,2,5-6H2,1H3. The van der Waals surface area contributed by atoms with Crippen LogP contribution in [0.1, 0.15) is 23.8 Å². The first-order valence-electron chi connectivity index (χ1n) is 6.70. The SMILES string of the molecule is CNC(c1ccc(Br)o1)c1cc2c(cc1Br)OCCCO2. The van der Waals surface area contributed by atoms with Gasteiger partial charge >= 0.3 is 0 Å². The van der Waals surface area contributed by atoms with Gasteiger partial charge in [0, 0.05) is 10.9 Å². The van der Waals surface area contributed by atoms with Crippen LogP contribution in [0.3, 0.4) is 0 Å². The third-order valence-electron chi connectivity index (χ3n) is 3.35. The van der Waals surface area contributed by atoms with E-state index in [2.05, 4.69) is 37.2 Å². The van der Waals surface area contributed by atoms with Gasteiger partial charge in [0.05, 0.1) is 19.3 Å². The summed E-state index contributed by atoms with van der Waals surface area (Å²) in [5.74, 6) is 2.38. The van der Waals surface area contributed by atoms with Crippen molar-refractivity contribution in [3.63, 3.8) is 0 Å². The van der Waals surface area contributed by atoms with Crippen molar-refractivity contribution in [2.75, 3.05) is 20.3 Å². The first-order chi connectivity index (χ1) is 10.2. The monoisotopic (exact) mass is 415 g/mol. The molecule has 1 aliphatic rings. The van der Waals surface area contributed by atoms with Crippen molar-refractivity contribution in [1.29, 1.82) is 0 Å². The number of benzene rings is 1. The number of hydrogen-bond acceptors (Lipinski definition) is 4. The molecule has 1 aromatic carbocycles. The van der Waals surface area contributed by atoms with Crippen LogP contribution in [-0.2, 0) is 0 Å². The smallest absolute Gasteiger partial charge is 0.169 e. The van der Waals surface area contributed by atoms with Crippen LogP contribution >= 0.6 is 31.9 Å². The normalized spacial score (nSPS) is 15.6. The number of fused-ring (bicyclic) bond motifs is 1. The Morgan fingerprint density at radius 1 is 1.10 bits per heavy atom. The Bertz CT molecular complexity index is 642. The molecule has 2 heterocycles. The lowest BCUT2D eigenvalue weighted by Gasteiger charge is -2.18. The van der Waals surface area contributed by atoms with Gasteiger partial charge in [-0.2, -0.15) is 0 Å². The van der Waals surface area contributed by atoms with E-state index in [0.717, 1.165) is 33.7 Å². The van der Waals surface area contributed by atoms with Gasteiger partial charge in [-0.15, -0.1) is 0 Å². The van der Waals surface area contributed by atoms with E-state index in [1.165, 1.54) is 0 Å². The van der Waals surface area contributed by atoms with Crippen molar-refractivity contribution in [1.82, 2.24) is 5.32 Å². The Balaban J connectivity index is 2.02. The number of furan rings is 1. The van der Waals surface area contributed by atoms with Gasteiger partial charge in [-0.05, 0) is 52.8 Å². The second kappa shape index (κ2) is 6.42. The van der Waals surface area contributed by atoms with E-state index in [1.54, 1.807) is 0 Å². The van der Waals surface area contributed by atoms with E-state index in [4.69, 9.17) is 13.9 Å². The van der Waals surface area contributed by atoms with E-state index in [-0.39, 0.29) is 6.04 Å². The predicted molar refractivity (Wildman–Crippen MR) is 87.1 cm³/mol. The fraction of sp³-hybridized carbons (Fsp3) is 0.333. The number of hydrogen-bond donors (Lipinski definition) is 1. The fourth-order valence-corrected chi connectivity index (χ4v) is 3.23. The molecule has 0 radical (unpaired) electrons. The maximum absolute atomic E-state index is 5.77. The van der Waals surface area contributed by atoms with E-state index < -0.39 is 0 Å². The van der Waals surface area contributed by atoms with Crippen molar-refractivity contribution in [2.45, 2.75) is 12.5 Å². The zero-order valence-electron chi connectivity index (χ0n) is 11.5. The van der Waals surface area contributed by atoms with Crippen LogP contribution in [0.5, 0.6) is 11.5 Å². The average molecular weight is 417 g/mol. The number of rotatable bonds is 3. The molecule has 6 heteroatoms. The molecule has 1 unspecified atom stereocenters. The molecular formula is C15H15Br2NO3. The molecule has 0 aliphatic carbocycles. The third kappa shape index (κ3) is 3.12. The minimum Gasteiger partial charge on any atom is -0.490 e. The third-order valence-corrected chi connectivity index (χ3v) is 4.46. The summed E-state index contributed by atoms with van der Waals surface area (Å²) in [7, 11) is 1.90. The topological polar surface area (TPSA) is 43.6 Å². The van der Waals surface area contributed by atoms with Crippen LogP contribution in [-0.4, -0.2) is 20.3 Å². The summed E-state index contributed by atoms with van der Waals surface area (Å²) in [6.45, 7) is 1.35. The zero-order chi connectivity index (χ0) is 14.8. The molecule has 21 heavy (non-hydrogen) atoms. The van der Waals surface area contributed by atoms with Gasteiger partial charge in [-0.1, -0.05) is 15.9 Å². The van der Waals surface area contributed by atoms with Crippen LogP contribution < -0.4 is 14.8 Å². The minimum atomic E-state index is -0.0668. The van der Waals surface area contributed by atoms with Crippen molar-refractivity contribution in [2.24, 2.45) is 0 Å². The molecule has 4 nitrogen and oxygen atoms in total. The van der Waals surface area contributed by atoms with E-state index in [0.29, 0.717) is 17.9 Å². The highest BCUT2D eigenvalue weighted by molar-refractivity contribution is 9.10. The lowest BCUT2D eigenvalue weighted by molar-refractivity contribution is 0.297. The number of halogens is 2. The van der Waals surface area contributed by atoms with E-state index in [1.807, 2.05) is 31.3 Å². The summed E-state index contributed by atoms with van der Waals surface area (Å²) in [4.78, 5) is 0. The quantitative estimate of drug-likeness (QED) is 0.811. The summed E-state index contributed by atoms with van der Waals surface area (Å²) >= 11 is 6.96. The highest BCUT2D eigenvalue weighted by atomic mass is 79.9. The molecule has 1 atom stereocenters. The zero-order valence-corrected chi connectivity index (χ0v) is 14.7. The summed E-state index contributed by atoms with van der Waals surface area (Å²) in [5.41, 5.74) is 1.05. The van der Waals surface area contributed by atoms with Crippen molar-refractivity contribution in [3.05, 3.63) is 44.7 Å². The molecule has 112 valence electrons. The van der Waals surface area contributed by atoms with Crippen molar-refractivity contribution < 1.29 is 13.9 Å². The Hall–Kier alpha value is -0.980. The second-order valence-electron chi connectivity index (χ2n) is 4.73. The second-order valence-corrected chi connectivity index (χ2v) is 6.37. The molecule has 1 aromatic heterocycles. The van der Waals surface area contributed by atoms with Crippen LogP contribution in [0.4, 0.5) is 0 Å². The fourth-order valence-electron chi connectivity index (χ4n) is 2.36. The Labute approximate surface area is 140 Å². The van der Waals surface area contributed by atoms with Crippen LogP contribution in [0.2, 0.25) is 0 Å². The Morgan fingerprint density at radius 3 is 2.43 bits per heavy atom. The molecule has 2 aromatic rings. The summed E-state index contributed by atoms with van der Waals surface area (Å²) in [6.07, 6.45) is 0.891. The summed E-state index contributed by atoms with van der Waals surface area (Å²) < 4.78 is 18.8. The van der Waals surface area contributed by atoms with Gasteiger partial charge < -0.3 is 19.2 Å². The minimum absolute atomic E-state index is 0.0668. The van der Waals surface area contributed by atoms with Gasteiger partial charge in [0.25, 0.3) is 0 Å². The maximum atomic E-state index is 5.77. The Morgan fingerprint density at radius 2 is 1.81 bits per heavy atom. The largest absolute Gasteiger partial charge is 0.490 e. The molecular weight excluding hydrogens is 402 g/mol. The molecule has 1 N–H and O–H groups in total. The van der Waals surface area contributed by atoms with E-state index >= 15 is 0 Å². The lowest BCUT2D eigenvalue weighted by atomic mass is 10.0. The molecule has 0 saturated heterocycles. The lowest BCUT2D eigenvalue weighted by Crippen LogP contribution is -2.17. The number of ether oxygens (including phenoxy) is 2. The highest BCUT2D eigenvalue weighted by Gasteiger charge is 2.22. The molecule has 0 saturated carbocycles. The molecule has 3 rings (SSSR count). The molecule has 1 aliphatic heterocycles. The maximum Gasteiger partial charge on any atom is 0.169 e. The van der Waals surface area contributed by atoms with Crippen molar-refractivity contribution >= 4 is 31.9 Å². The number of nitrogens with one attached hydrogen (secondary N) is 1. The molecule has 0 spiro atoms. The van der Waals surface area contributed by atoms with Crippen molar-refractivity contribution in [3.8, 4) is 11.5 Å². The summed E-state index contributed by atoms with van der Waals surface area (Å²) in [5, 5.41) is 3.27. The van der Waals surface area contributed by atoms with Gasteiger partial charge in [0.15, 0.2) is 16.2 Å². The van der Waals surface area contributed by atoms with Gasteiger partial charge in [-0.3, -0.25) is 0 Å². The first-order valence-corrected chi connectivity index (χ1v) is 8.29. The highest BCUT2D eigenvalue weighted by Crippen LogP contribution is 2.39. The van der Waals surface area contributed by atoms with Crippen LogP contribution in [0.25, 0.3) is 0 Å². The van der Waals surface area contributed by atoms with E-state index in [9.17, 15) is 0 Å². The molecule has 0 amide bonds. The first kappa shape index (κ1) is 14.9. The summed E-state index contributed by atoms with van der Waals surface area (Å²) in [6, 6.07) is 7.72.